The molecule has 0 radical (unpaired) electrons. The zero-order chi connectivity index (χ0) is 20.6. The Morgan fingerprint density at radius 2 is 2.00 bits per heavy atom. The molecule has 3 heterocycles. The van der Waals surface area contributed by atoms with Crippen molar-refractivity contribution in [1.29, 1.82) is 0 Å². The average Bonchev–Trinajstić information content (AvgIpc) is 3.13. The van der Waals surface area contributed by atoms with Gasteiger partial charge in [0.05, 0.1) is 17.2 Å². The second-order valence-corrected chi connectivity index (χ2v) is 8.61. The Morgan fingerprint density at radius 1 is 1.29 bits per heavy atom. The molecule has 0 fully saturated rings. The summed E-state index contributed by atoms with van der Waals surface area (Å²) in [6.07, 6.45) is -0.277. The van der Waals surface area contributed by atoms with Crippen molar-refractivity contribution in [2.45, 2.75) is 40.3 Å². The van der Waals surface area contributed by atoms with E-state index in [0.717, 1.165) is 20.8 Å². The Hall–Kier alpha value is -2.79. The number of fused-ring (bicyclic) bond motifs is 1. The maximum Gasteiger partial charge on any atom is 0.350 e. The minimum Gasteiger partial charge on any atom is -0.459 e. The molecule has 2 N–H and O–H groups in total. The molecule has 0 atom stereocenters. The minimum atomic E-state index is -0.661. The zero-order valence-corrected chi connectivity index (χ0v) is 17.2. The van der Waals surface area contributed by atoms with E-state index in [-0.39, 0.29) is 16.1 Å². The number of thiazole rings is 1. The van der Waals surface area contributed by atoms with E-state index in [1.807, 2.05) is 6.92 Å². The molecule has 0 aliphatic heterocycles. The number of amides is 1. The van der Waals surface area contributed by atoms with Crippen molar-refractivity contribution in [2.24, 2.45) is 0 Å². The first-order chi connectivity index (χ1) is 13.2. The van der Waals surface area contributed by atoms with Crippen molar-refractivity contribution in [3.63, 3.8) is 0 Å². The second-order valence-electron chi connectivity index (χ2n) is 6.36. The lowest BCUT2D eigenvalue weighted by atomic mass is 10.3. The van der Waals surface area contributed by atoms with Crippen LogP contribution in [0.1, 0.15) is 34.1 Å². The summed E-state index contributed by atoms with van der Waals surface area (Å²) in [5, 5.41) is 3.07. The molecule has 3 aromatic rings. The molecule has 0 spiro atoms. The highest BCUT2D eigenvalue weighted by atomic mass is 32.1. The fourth-order valence-corrected chi connectivity index (χ4v) is 4.28. The summed E-state index contributed by atoms with van der Waals surface area (Å²) in [4.78, 5) is 57.4. The van der Waals surface area contributed by atoms with Crippen LogP contribution in [0.3, 0.4) is 0 Å². The van der Waals surface area contributed by atoms with Crippen molar-refractivity contribution in [1.82, 2.24) is 14.5 Å². The molecule has 0 bridgehead atoms. The maximum absolute atomic E-state index is 12.5. The summed E-state index contributed by atoms with van der Waals surface area (Å²) in [7, 11) is 0. The van der Waals surface area contributed by atoms with E-state index in [1.165, 1.54) is 11.3 Å². The van der Waals surface area contributed by atoms with Crippen LogP contribution in [0.5, 0.6) is 0 Å². The summed E-state index contributed by atoms with van der Waals surface area (Å²) in [5.74, 6) is -1.12. The van der Waals surface area contributed by atoms with E-state index in [9.17, 15) is 19.2 Å². The van der Waals surface area contributed by atoms with Gasteiger partial charge in [-0.2, -0.15) is 0 Å². The van der Waals surface area contributed by atoms with E-state index >= 15 is 0 Å². The van der Waals surface area contributed by atoms with Gasteiger partial charge >= 0.3 is 11.7 Å². The van der Waals surface area contributed by atoms with Gasteiger partial charge in [-0.25, -0.2) is 14.6 Å². The molecule has 0 saturated carbocycles. The number of anilines is 1. The minimum absolute atomic E-state index is 0.190. The van der Waals surface area contributed by atoms with Crippen molar-refractivity contribution >= 4 is 49.9 Å². The Labute approximate surface area is 167 Å². The van der Waals surface area contributed by atoms with Crippen LogP contribution in [-0.2, 0) is 16.1 Å². The largest absolute Gasteiger partial charge is 0.459 e. The van der Waals surface area contributed by atoms with Gasteiger partial charge in [-0.3, -0.25) is 19.1 Å². The normalized spacial score (nSPS) is 11.2. The fourth-order valence-electron chi connectivity index (χ4n) is 2.52. The predicted octanol–water partition coefficient (Wildman–Crippen LogP) is 2.03. The number of carbonyl (C=O) groups excluding carboxylic acids is 2. The molecule has 0 aromatic carbocycles. The molecule has 1 amide bonds. The monoisotopic (exact) mass is 422 g/mol. The SMILES string of the molecule is Cc1cc2c(=O)n(CC(=O)Nc3nc(C)c(C(=O)OC(C)C)s3)c(=O)[nH]c2s1. The van der Waals surface area contributed by atoms with E-state index in [1.54, 1.807) is 26.8 Å². The van der Waals surface area contributed by atoms with E-state index < -0.39 is 29.7 Å². The lowest BCUT2D eigenvalue weighted by molar-refractivity contribution is -0.116. The number of aryl methyl sites for hydroxylation is 2. The van der Waals surface area contributed by atoms with Crippen molar-refractivity contribution in [3.05, 3.63) is 42.4 Å². The van der Waals surface area contributed by atoms with Gasteiger partial charge < -0.3 is 10.1 Å². The number of aromatic amines is 1. The zero-order valence-electron chi connectivity index (χ0n) is 15.6. The first kappa shape index (κ1) is 20.0. The van der Waals surface area contributed by atoms with Crippen LogP contribution < -0.4 is 16.6 Å². The van der Waals surface area contributed by atoms with Crippen LogP contribution in [0.15, 0.2) is 15.7 Å². The molecule has 148 valence electrons. The second kappa shape index (κ2) is 7.68. The molecular weight excluding hydrogens is 404 g/mol. The van der Waals surface area contributed by atoms with Gasteiger partial charge in [0.1, 0.15) is 16.3 Å². The molecule has 3 aromatic heterocycles. The quantitative estimate of drug-likeness (QED) is 0.607. The van der Waals surface area contributed by atoms with Gasteiger partial charge in [0, 0.05) is 4.88 Å². The van der Waals surface area contributed by atoms with Crippen molar-refractivity contribution in [2.75, 3.05) is 5.32 Å². The Kier molecular flexibility index (Phi) is 5.47. The number of thiophene rings is 1. The van der Waals surface area contributed by atoms with E-state index in [4.69, 9.17) is 4.74 Å². The van der Waals surface area contributed by atoms with Crippen LogP contribution in [0.4, 0.5) is 5.13 Å². The van der Waals surface area contributed by atoms with E-state index in [0.29, 0.717) is 15.9 Å². The Balaban J connectivity index is 1.80. The summed E-state index contributed by atoms with van der Waals surface area (Å²) < 4.78 is 5.97. The molecule has 28 heavy (non-hydrogen) atoms. The number of ether oxygens (including phenoxy) is 1. The number of aromatic nitrogens is 3. The van der Waals surface area contributed by atoms with Crippen molar-refractivity contribution < 1.29 is 14.3 Å². The summed E-state index contributed by atoms with van der Waals surface area (Å²) in [6.45, 7) is 6.46. The van der Waals surface area contributed by atoms with Gasteiger partial charge in [-0.1, -0.05) is 11.3 Å². The third-order valence-corrected chi connectivity index (χ3v) is 5.69. The molecule has 0 aliphatic rings. The standard InChI is InChI=1S/C17H18N4O5S2/c1-7(2)26-15(24)12-9(4)18-16(28-12)19-11(22)6-21-14(23)10-5-8(3)27-13(10)20-17(21)25/h5,7H,6H2,1-4H3,(H,20,25)(H,18,19,22). The lowest BCUT2D eigenvalue weighted by Crippen LogP contribution is -2.38. The highest BCUT2D eigenvalue weighted by Crippen LogP contribution is 2.24. The maximum atomic E-state index is 12.5. The van der Waals surface area contributed by atoms with Crippen molar-refractivity contribution in [3.8, 4) is 0 Å². The predicted molar refractivity (Wildman–Crippen MR) is 107 cm³/mol. The number of carbonyl (C=O) groups is 2. The van der Waals surface area contributed by atoms with Crippen LogP contribution in [0.2, 0.25) is 0 Å². The van der Waals surface area contributed by atoms with Gasteiger partial charge in [-0.05, 0) is 33.8 Å². The topological polar surface area (TPSA) is 123 Å². The number of esters is 1. The molecule has 0 saturated heterocycles. The molecule has 0 aliphatic carbocycles. The molecule has 11 heteroatoms. The van der Waals surface area contributed by atoms with Crippen LogP contribution in [0.25, 0.3) is 10.2 Å². The van der Waals surface area contributed by atoms with Crippen LogP contribution in [0, 0.1) is 13.8 Å². The van der Waals surface area contributed by atoms with Gasteiger partial charge in [0.2, 0.25) is 5.91 Å². The third kappa shape index (κ3) is 4.04. The smallest absolute Gasteiger partial charge is 0.350 e. The first-order valence-corrected chi connectivity index (χ1v) is 10.0. The van der Waals surface area contributed by atoms with Crippen LogP contribution in [-0.4, -0.2) is 32.5 Å². The Morgan fingerprint density at radius 3 is 2.68 bits per heavy atom. The van der Waals surface area contributed by atoms with Crippen LogP contribution >= 0.6 is 22.7 Å². The molecule has 0 unspecified atom stereocenters. The van der Waals surface area contributed by atoms with Gasteiger partial charge in [-0.15, -0.1) is 11.3 Å². The summed E-state index contributed by atoms with van der Waals surface area (Å²) in [5.41, 5.74) is -0.767. The number of rotatable bonds is 5. The molecule has 3 rings (SSSR count). The number of nitrogens with zero attached hydrogens (tertiary/aromatic N) is 2. The Bertz CT molecular complexity index is 1180. The number of nitrogens with one attached hydrogen (secondary N) is 2. The molecule has 9 nitrogen and oxygen atoms in total. The van der Waals surface area contributed by atoms with E-state index in [2.05, 4.69) is 15.3 Å². The first-order valence-electron chi connectivity index (χ1n) is 8.37. The lowest BCUT2D eigenvalue weighted by Gasteiger charge is -2.06. The summed E-state index contributed by atoms with van der Waals surface area (Å²) in [6, 6.07) is 1.67. The average molecular weight is 422 g/mol. The highest BCUT2D eigenvalue weighted by Gasteiger charge is 2.20. The molecular formula is C17H18N4O5S2. The number of hydrogen-bond acceptors (Lipinski definition) is 8. The number of hydrogen-bond donors (Lipinski definition) is 2. The number of H-pyrrole nitrogens is 1. The highest BCUT2D eigenvalue weighted by molar-refractivity contribution is 7.18. The van der Waals surface area contributed by atoms with Gasteiger partial charge in [0.15, 0.2) is 5.13 Å². The van der Waals surface area contributed by atoms with Gasteiger partial charge in [0.25, 0.3) is 5.56 Å². The third-order valence-electron chi connectivity index (χ3n) is 3.67. The fraction of sp³-hybridized carbons (Fsp3) is 0.353. The summed E-state index contributed by atoms with van der Waals surface area (Å²) >= 11 is 2.27.